The molecule has 0 aliphatic heterocycles. The molecule has 102 valence electrons. The molecule has 1 aromatic carbocycles. The van der Waals surface area contributed by atoms with E-state index in [4.69, 9.17) is 0 Å². The minimum absolute atomic E-state index is 1.04. The molecule has 2 nitrogen and oxygen atoms in total. The first-order valence-corrected chi connectivity index (χ1v) is 8.16. The van der Waals surface area contributed by atoms with Crippen LogP contribution in [0.1, 0.15) is 39.0 Å². The Balaban J connectivity index is 1.88. The predicted octanol–water partition coefficient (Wildman–Crippen LogP) is 5.13. The minimum Gasteiger partial charge on any atom is -0.272 e. The van der Waals surface area contributed by atoms with Gasteiger partial charge >= 0.3 is 0 Å². The molecule has 0 aliphatic carbocycles. The molecule has 0 fully saturated rings. The number of aryl methyl sites for hydroxylation is 1. The summed E-state index contributed by atoms with van der Waals surface area (Å²) in [6.45, 7) is 3.29. The molecule has 0 spiro atoms. The van der Waals surface area contributed by atoms with E-state index in [2.05, 4.69) is 69.8 Å². The van der Waals surface area contributed by atoms with Gasteiger partial charge in [-0.1, -0.05) is 44.7 Å². The highest BCUT2D eigenvalue weighted by molar-refractivity contribution is 14.1. The number of unbranched alkanes of at least 4 members (excludes halogenated alkanes) is 4. The zero-order valence-corrected chi connectivity index (χ0v) is 13.6. The Morgan fingerprint density at radius 3 is 2.74 bits per heavy atom. The summed E-state index contributed by atoms with van der Waals surface area (Å²) in [5.74, 6) is 0. The Morgan fingerprint density at radius 2 is 1.95 bits per heavy atom. The molecule has 0 N–H and O–H groups in total. The summed E-state index contributed by atoms with van der Waals surface area (Å²) in [7, 11) is 0. The molecule has 0 aliphatic rings. The second kappa shape index (κ2) is 7.68. The second-order valence-corrected chi connectivity index (χ2v) is 6.16. The van der Waals surface area contributed by atoms with Crippen molar-refractivity contribution in [3.05, 3.63) is 40.2 Å². The Bertz CT molecular complexity index is 505. The van der Waals surface area contributed by atoms with Gasteiger partial charge < -0.3 is 0 Å². The van der Waals surface area contributed by atoms with E-state index >= 15 is 0 Å². The maximum Gasteiger partial charge on any atom is 0.0568 e. The van der Waals surface area contributed by atoms with Crippen molar-refractivity contribution in [1.29, 1.82) is 0 Å². The third-order valence-electron chi connectivity index (χ3n) is 3.28. The number of hydrogen-bond acceptors (Lipinski definition) is 1. The number of hydrogen-bond donors (Lipinski definition) is 0. The van der Waals surface area contributed by atoms with Gasteiger partial charge in [0.05, 0.1) is 6.20 Å². The summed E-state index contributed by atoms with van der Waals surface area (Å²) >= 11 is 2.35. The largest absolute Gasteiger partial charge is 0.272 e. The summed E-state index contributed by atoms with van der Waals surface area (Å²) in [6, 6.07) is 8.55. The summed E-state index contributed by atoms with van der Waals surface area (Å²) in [6.07, 6.45) is 10.7. The quantitative estimate of drug-likeness (QED) is 0.490. The van der Waals surface area contributed by atoms with Crippen molar-refractivity contribution in [1.82, 2.24) is 9.78 Å². The molecule has 0 amide bonds. The van der Waals surface area contributed by atoms with Gasteiger partial charge in [-0.25, -0.2) is 0 Å². The molecular weight excluding hydrogens is 347 g/mol. The van der Waals surface area contributed by atoms with Gasteiger partial charge in [0.25, 0.3) is 0 Å². The van der Waals surface area contributed by atoms with Crippen LogP contribution in [0.4, 0.5) is 0 Å². The number of nitrogens with zero attached hydrogens (tertiary/aromatic N) is 2. The maximum atomic E-state index is 4.45. The fourth-order valence-electron chi connectivity index (χ4n) is 2.18. The lowest BCUT2D eigenvalue weighted by molar-refractivity contribution is 0.533. The molecule has 0 radical (unpaired) electrons. The summed E-state index contributed by atoms with van der Waals surface area (Å²) in [5, 5.41) is 4.45. The van der Waals surface area contributed by atoms with Crippen molar-refractivity contribution in [2.45, 2.75) is 45.6 Å². The lowest BCUT2D eigenvalue weighted by Crippen LogP contribution is -1.97. The molecule has 2 aromatic rings. The number of halogens is 1. The second-order valence-electron chi connectivity index (χ2n) is 4.92. The summed E-state index contributed by atoms with van der Waals surface area (Å²) in [5.41, 5.74) is 2.47. The lowest BCUT2D eigenvalue weighted by atomic mass is 10.1. The van der Waals surface area contributed by atoms with E-state index in [1.165, 1.54) is 46.8 Å². The van der Waals surface area contributed by atoms with E-state index in [0.29, 0.717) is 0 Å². The van der Waals surface area contributed by atoms with Crippen LogP contribution in [-0.2, 0) is 6.54 Å². The molecule has 3 heteroatoms. The minimum atomic E-state index is 1.04. The van der Waals surface area contributed by atoms with Gasteiger partial charge in [-0.2, -0.15) is 5.10 Å². The van der Waals surface area contributed by atoms with Crippen molar-refractivity contribution in [3.8, 4) is 11.1 Å². The van der Waals surface area contributed by atoms with E-state index in [0.717, 1.165) is 6.54 Å². The van der Waals surface area contributed by atoms with Gasteiger partial charge in [-0.3, -0.25) is 4.68 Å². The Kier molecular flexibility index (Phi) is 5.89. The highest BCUT2D eigenvalue weighted by atomic mass is 127. The lowest BCUT2D eigenvalue weighted by Gasteiger charge is -2.01. The van der Waals surface area contributed by atoms with E-state index in [1.807, 2.05) is 6.20 Å². The first-order valence-electron chi connectivity index (χ1n) is 7.08. The van der Waals surface area contributed by atoms with Crippen molar-refractivity contribution in [3.63, 3.8) is 0 Å². The van der Waals surface area contributed by atoms with Crippen LogP contribution in [0.15, 0.2) is 36.7 Å². The van der Waals surface area contributed by atoms with Crippen molar-refractivity contribution >= 4 is 22.6 Å². The monoisotopic (exact) mass is 368 g/mol. The summed E-state index contributed by atoms with van der Waals surface area (Å²) < 4.78 is 3.34. The third kappa shape index (κ3) is 4.64. The molecule has 19 heavy (non-hydrogen) atoms. The number of rotatable bonds is 7. The highest BCUT2D eigenvalue weighted by Gasteiger charge is 2.02. The van der Waals surface area contributed by atoms with Crippen LogP contribution < -0.4 is 0 Å². The summed E-state index contributed by atoms with van der Waals surface area (Å²) in [4.78, 5) is 0. The average Bonchev–Trinajstić information content (AvgIpc) is 2.87. The zero-order chi connectivity index (χ0) is 13.5. The van der Waals surface area contributed by atoms with Crippen LogP contribution in [0.2, 0.25) is 0 Å². The molecule has 0 saturated heterocycles. The SMILES string of the molecule is CCCCCCCn1cc(-c2cccc(I)c2)cn1. The molecule has 2 rings (SSSR count). The first-order chi connectivity index (χ1) is 9.29. The van der Waals surface area contributed by atoms with E-state index in [1.54, 1.807) is 0 Å². The van der Waals surface area contributed by atoms with Gasteiger partial charge in [-0.05, 0) is 46.7 Å². The number of aromatic nitrogens is 2. The third-order valence-corrected chi connectivity index (χ3v) is 3.95. The van der Waals surface area contributed by atoms with Gasteiger partial charge in [0, 0.05) is 21.9 Å². The Morgan fingerprint density at radius 1 is 1.11 bits per heavy atom. The van der Waals surface area contributed by atoms with Crippen LogP contribution >= 0.6 is 22.6 Å². The van der Waals surface area contributed by atoms with Crippen molar-refractivity contribution in [2.24, 2.45) is 0 Å². The Hall–Kier alpha value is -0.840. The molecule has 0 saturated carbocycles. The van der Waals surface area contributed by atoms with E-state index < -0.39 is 0 Å². The molecule has 0 bridgehead atoms. The van der Waals surface area contributed by atoms with Gasteiger partial charge in [0.2, 0.25) is 0 Å². The van der Waals surface area contributed by atoms with E-state index in [-0.39, 0.29) is 0 Å². The topological polar surface area (TPSA) is 17.8 Å². The molecule has 1 heterocycles. The average molecular weight is 368 g/mol. The van der Waals surface area contributed by atoms with Crippen molar-refractivity contribution in [2.75, 3.05) is 0 Å². The van der Waals surface area contributed by atoms with Gasteiger partial charge in [0.1, 0.15) is 0 Å². The smallest absolute Gasteiger partial charge is 0.0568 e. The number of benzene rings is 1. The normalized spacial score (nSPS) is 10.8. The molecule has 1 aromatic heterocycles. The predicted molar refractivity (Wildman–Crippen MR) is 89.1 cm³/mol. The van der Waals surface area contributed by atoms with E-state index in [9.17, 15) is 0 Å². The standard InChI is InChI=1S/C16H21IN2/c1-2-3-4-5-6-10-19-13-15(12-18-19)14-8-7-9-16(17)11-14/h7-9,11-13H,2-6,10H2,1H3. The zero-order valence-electron chi connectivity index (χ0n) is 11.5. The van der Waals surface area contributed by atoms with Gasteiger partial charge in [0.15, 0.2) is 0 Å². The first kappa shape index (κ1) is 14.6. The fourth-order valence-corrected chi connectivity index (χ4v) is 2.72. The highest BCUT2D eigenvalue weighted by Crippen LogP contribution is 2.20. The maximum absolute atomic E-state index is 4.45. The van der Waals surface area contributed by atoms with Crippen LogP contribution in [0.5, 0.6) is 0 Å². The molecule has 0 atom stereocenters. The van der Waals surface area contributed by atoms with Crippen LogP contribution in [-0.4, -0.2) is 9.78 Å². The van der Waals surface area contributed by atoms with Crippen LogP contribution in [0.3, 0.4) is 0 Å². The van der Waals surface area contributed by atoms with Crippen LogP contribution in [0.25, 0.3) is 11.1 Å². The molecule has 0 unspecified atom stereocenters. The fraction of sp³-hybridized carbons (Fsp3) is 0.438. The van der Waals surface area contributed by atoms with Crippen molar-refractivity contribution < 1.29 is 0 Å². The van der Waals surface area contributed by atoms with Gasteiger partial charge in [-0.15, -0.1) is 0 Å². The molecular formula is C16H21IN2. The Labute approximate surface area is 129 Å². The van der Waals surface area contributed by atoms with Crippen LogP contribution in [0, 0.1) is 3.57 Å².